The second-order valence-electron chi connectivity index (χ2n) is 6.11. The number of alkyl halides is 3. The van der Waals surface area contributed by atoms with E-state index in [-0.39, 0.29) is 17.4 Å². The zero-order valence-electron chi connectivity index (χ0n) is 15.4. The summed E-state index contributed by atoms with van der Waals surface area (Å²) < 4.78 is 44.0. The fourth-order valence-electron chi connectivity index (χ4n) is 2.25. The number of carbonyl (C=O) groups is 1. The average molecular weight is 388 g/mol. The lowest BCUT2D eigenvalue weighted by atomic mass is 10.1. The summed E-state index contributed by atoms with van der Waals surface area (Å²) >= 11 is 0. The van der Waals surface area contributed by atoms with Crippen molar-refractivity contribution in [2.75, 3.05) is 5.32 Å². The molecule has 0 aliphatic carbocycles. The summed E-state index contributed by atoms with van der Waals surface area (Å²) in [4.78, 5) is 12.3. The van der Waals surface area contributed by atoms with Gasteiger partial charge in [-0.3, -0.25) is 4.79 Å². The van der Waals surface area contributed by atoms with Gasteiger partial charge in [0.2, 0.25) is 0 Å². The number of ether oxygens (including phenoxy) is 1. The van der Waals surface area contributed by atoms with E-state index in [0.29, 0.717) is 11.3 Å². The number of hydrogen-bond donors (Lipinski definition) is 1. The fraction of sp³-hybridized carbons (Fsp3) is 0.238. The molecule has 0 saturated heterocycles. The molecule has 2 aromatic rings. The van der Waals surface area contributed by atoms with E-state index in [1.54, 1.807) is 30.3 Å². The number of nitrogens with one attached hydrogen (secondary N) is 1. The lowest BCUT2D eigenvalue weighted by Gasteiger charge is -2.12. The Bertz CT molecular complexity index is 897. The van der Waals surface area contributed by atoms with E-state index in [1.807, 2.05) is 13.8 Å². The molecule has 0 unspecified atom stereocenters. The SMILES string of the molecule is CC[C@H](C)Oc1ccc(/C=C(/C#N)C(=O)Nc2cccc(C(F)(F)F)c2)cc1. The zero-order valence-corrected chi connectivity index (χ0v) is 15.4. The van der Waals surface area contributed by atoms with Gasteiger partial charge in [-0.05, 0) is 55.3 Å². The Balaban J connectivity index is 2.14. The second kappa shape index (κ2) is 9.09. The third-order valence-corrected chi connectivity index (χ3v) is 3.92. The largest absolute Gasteiger partial charge is 0.491 e. The van der Waals surface area contributed by atoms with Crippen molar-refractivity contribution in [3.63, 3.8) is 0 Å². The van der Waals surface area contributed by atoms with Crippen molar-refractivity contribution in [2.45, 2.75) is 32.5 Å². The molecule has 0 fully saturated rings. The van der Waals surface area contributed by atoms with Gasteiger partial charge in [0.05, 0.1) is 11.7 Å². The molecule has 4 nitrogen and oxygen atoms in total. The highest BCUT2D eigenvalue weighted by molar-refractivity contribution is 6.09. The number of amides is 1. The standard InChI is InChI=1S/C21H19F3N2O2/c1-3-14(2)28-19-9-7-15(8-10-19)11-16(13-25)20(27)26-18-6-4-5-17(12-18)21(22,23)24/h4-12,14H,3H2,1-2H3,(H,26,27)/b16-11-/t14-/m0/s1. The Kier molecular flexibility index (Phi) is 6.83. The Labute approximate surface area is 161 Å². The number of nitriles is 1. The lowest BCUT2D eigenvalue weighted by molar-refractivity contribution is -0.137. The van der Waals surface area contributed by atoms with Gasteiger partial charge in [-0.15, -0.1) is 0 Å². The van der Waals surface area contributed by atoms with Crippen LogP contribution in [0.3, 0.4) is 0 Å². The third-order valence-electron chi connectivity index (χ3n) is 3.92. The lowest BCUT2D eigenvalue weighted by Crippen LogP contribution is -2.14. The molecule has 1 N–H and O–H groups in total. The molecule has 0 aliphatic rings. The molecule has 0 aliphatic heterocycles. The van der Waals surface area contributed by atoms with Gasteiger partial charge in [0.25, 0.3) is 5.91 Å². The summed E-state index contributed by atoms with van der Waals surface area (Å²) in [6.07, 6.45) is -2.24. The van der Waals surface area contributed by atoms with Crippen molar-refractivity contribution in [1.29, 1.82) is 5.26 Å². The van der Waals surface area contributed by atoms with E-state index in [0.717, 1.165) is 18.6 Å². The molecular formula is C21H19F3N2O2. The van der Waals surface area contributed by atoms with E-state index < -0.39 is 17.6 Å². The van der Waals surface area contributed by atoms with Gasteiger partial charge < -0.3 is 10.1 Å². The molecule has 2 rings (SSSR count). The second-order valence-corrected chi connectivity index (χ2v) is 6.11. The topological polar surface area (TPSA) is 62.1 Å². The van der Waals surface area contributed by atoms with Crippen molar-refractivity contribution in [3.05, 3.63) is 65.2 Å². The van der Waals surface area contributed by atoms with Crippen LogP contribution in [0, 0.1) is 11.3 Å². The van der Waals surface area contributed by atoms with E-state index in [4.69, 9.17) is 4.74 Å². The van der Waals surface area contributed by atoms with E-state index >= 15 is 0 Å². The van der Waals surface area contributed by atoms with Crippen LogP contribution < -0.4 is 10.1 Å². The number of halogens is 3. The van der Waals surface area contributed by atoms with E-state index in [2.05, 4.69) is 5.32 Å². The van der Waals surface area contributed by atoms with E-state index in [1.165, 1.54) is 18.2 Å². The van der Waals surface area contributed by atoms with Gasteiger partial charge in [0.1, 0.15) is 17.4 Å². The molecule has 0 heterocycles. The molecule has 0 aromatic heterocycles. The van der Waals surface area contributed by atoms with Crippen molar-refractivity contribution in [2.24, 2.45) is 0 Å². The van der Waals surface area contributed by atoms with Gasteiger partial charge in [0, 0.05) is 5.69 Å². The summed E-state index contributed by atoms with van der Waals surface area (Å²) in [7, 11) is 0. The van der Waals surface area contributed by atoms with Crippen LogP contribution in [0.4, 0.5) is 18.9 Å². The Hall–Kier alpha value is -3.27. The van der Waals surface area contributed by atoms with Gasteiger partial charge in [0.15, 0.2) is 0 Å². The maximum Gasteiger partial charge on any atom is 0.416 e. The molecule has 0 spiro atoms. The number of rotatable bonds is 6. The molecule has 2 aromatic carbocycles. The molecule has 0 bridgehead atoms. The highest BCUT2D eigenvalue weighted by Gasteiger charge is 2.30. The first-order valence-corrected chi connectivity index (χ1v) is 8.60. The predicted molar refractivity (Wildman–Crippen MR) is 100 cm³/mol. The van der Waals surface area contributed by atoms with Crippen molar-refractivity contribution in [3.8, 4) is 11.8 Å². The van der Waals surface area contributed by atoms with Gasteiger partial charge in [-0.1, -0.05) is 25.1 Å². The van der Waals surface area contributed by atoms with Gasteiger partial charge >= 0.3 is 6.18 Å². The van der Waals surface area contributed by atoms with Crippen LogP contribution in [0.5, 0.6) is 5.75 Å². The van der Waals surface area contributed by atoms with Gasteiger partial charge in [-0.2, -0.15) is 18.4 Å². The zero-order chi connectivity index (χ0) is 20.7. The number of benzene rings is 2. The molecule has 0 saturated carbocycles. The molecule has 28 heavy (non-hydrogen) atoms. The molecule has 146 valence electrons. The summed E-state index contributed by atoms with van der Waals surface area (Å²) in [6.45, 7) is 3.95. The first kappa shape index (κ1) is 21.0. The van der Waals surface area contributed by atoms with Crippen molar-refractivity contribution < 1.29 is 22.7 Å². The minimum absolute atomic E-state index is 0.0433. The van der Waals surface area contributed by atoms with Crippen LogP contribution in [0.2, 0.25) is 0 Å². The summed E-state index contributed by atoms with van der Waals surface area (Å²) in [5.41, 5.74) is -0.566. The molecule has 7 heteroatoms. The third kappa shape index (κ3) is 5.88. The minimum atomic E-state index is -4.52. The Morgan fingerprint density at radius 3 is 2.50 bits per heavy atom. The van der Waals surface area contributed by atoms with Crippen molar-refractivity contribution >= 4 is 17.7 Å². The first-order chi connectivity index (χ1) is 13.2. The van der Waals surface area contributed by atoms with Crippen LogP contribution in [-0.2, 0) is 11.0 Å². The molecule has 1 atom stereocenters. The number of anilines is 1. The fourth-order valence-corrected chi connectivity index (χ4v) is 2.25. The van der Waals surface area contributed by atoms with E-state index in [9.17, 15) is 23.2 Å². The first-order valence-electron chi connectivity index (χ1n) is 8.60. The number of hydrogen-bond acceptors (Lipinski definition) is 3. The minimum Gasteiger partial charge on any atom is -0.491 e. The molecule has 1 amide bonds. The van der Waals surface area contributed by atoms with Crippen LogP contribution >= 0.6 is 0 Å². The maximum absolute atomic E-state index is 12.8. The smallest absolute Gasteiger partial charge is 0.416 e. The number of nitrogens with zero attached hydrogens (tertiary/aromatic N) is 1. The monoisotopic (exact) mass is 388 g/mol. The van der Waals surface area contributed by atoms with Gasteiger partial charge in [-0.25, -0.2) is 0 Å². The summed E-state index contributed by atoms with van der Waals surface area (Å²) in [6, 6.07) is 12.8. The summed E-state index contributed by atoms with van der Waals surface area (Å²) in [5, 5.41) is 11.6. The Morgan fingerprint density at radius 1 is 1.25 bits per heavy atom. The summed E-state index contributed by atoms with van der Waals surface area (Å²) in [5.74, 6) is -0.125. The number of carbonyl (C=O) groups excluding carboxylic acids is 1. The quantitative estimate of drug-likeness (QED) is 0.530. The Morgan fingerprint density at radius 2 is 1.93 bits per heavy atom. The van der Waals surface area contributed by atoms with Crippen LogP contribution in [0.25, 0.3) is 6.08 Å². The van der Waals surface area contributed by atoms with Crippen LogP contribution in [0.1, 0.15) is 31.4 Å². The van der Waals surface area contributed by atoms with Crippen LogP contribution in [-0.4, -0.2) is 12.0 Å². The maximum atomic E-state index is 12.8. The molecule has 0 radical (unpaired) electrons. The van der Waals surface area contributed by atoms with Crippen molar-refractivity contribution in [1.82, 2.24) is 0 Å². The highest BCUT2D eigenvalue weighted by Crippen LogP contribution is 2.30. The molecular weight excluding hydrogens is 369 g/mol. The predicted octanol–water partition coefficient (Wildman–Crippen LogP) is 5.43. The highest BCUT2D eigenvalue weighted by atomic mass is 19.4. The average Bonchev–Trinajstić information content (AvgIpc) is 2.66. The normalized spacial score (nSPS) is 12.8. The van der Waals surface area contributed by atoms with Crippen LogP contribution in [0.15, 0.2) is 54.1 Å².